The summed E-state index contributed by atoms with van der Waals surface area (Å²) >= 11 is 0. The van der Waals surface area contributed by atoms with Crippen LogP contribution in [0.1, 0.15) is 32.1 Å². The number of hydrogen-bond acceptors (Lipinski definition) is 4. The highest BCUT2D eigenvalue weighted by Gasteiger charge is 2.27. The highest BCUT2D eigenvalue weighted by molar-refractivity contribution is 4.84. The van der Waals surface area contributed by atoms with Gasteiger partial charge in [-0.25, -0.2) is 0 Å². The smallest absolute Gasteiger partial charge is 0.0594 e. The van der Waals surface area contributed by atoms with Gasteiger partial charge in [0.05, 0.1) is 13.2 Å². The van der Waals surface area contributed by atoms with Gasteiger partial charge in [-0.15, -0.1) is 0 Å². The molecule has 0 aromatic rings. The molecule has 4 heteroatoms. The molecule has 2 saturated heterocycles. The van der Waals surface area contributed by atoms with E-state index in [1.165, 1.54) is 51.7 Å². The minimum atomic E-state index is 0.790. The molecule has 0 radical (unpaired) electrons. The topological polar surface area (TPSA) is 41.7 Å². The summed E-state index contributed by atoms with van der Waals surface area (Å²) in [5, 5.41) is 0. The summed E-state index contributed by atoms with van der Waals surface area (Å²) < 4.78 is 5.42. The van der Waals surface area contributed by atoms with Gasteiger partial charge in [-0.1, -0.05) is 12.8 Å². The molecule has 18 heavy (non-hydrogen) atoms. The molecule has 2 heterocycles. The van der Waals surface area contributed by atoms with Crippen molar-refractivity contribution < 1.29 is 4.74 Å². The fourth-order valence-corrected chi connectivity index (χ4v) is 3.09. The Hall–Kier alpha value is -0.160. The van der Waals surface area contributed by atoms with Crippen molar-refractivity contribution >= 4 is 0 Å². The van der Waals surface area contributed by atoms with Crippen LogP contribution in [0.2, 0.25) is 0 Å². The van der Waals surface area contributed by atoms with Crippen molar-refractivity contribution in [3.63, 3.8) is 0 Å². The Labute approximate surface area is 111 Å². The van der Waals surface area contributed by atoms with Gasteiger partial charge in [0.1, 0.15) is 0 Å². The van der Waals surface area contributed by atoms with Gasteiger partial charge >= 0.3 is 0 Å². The van der Waals surface area contributed by atoms with E-state index in [2.05, 4.69) is 9.80 Å². The number of unbranched alkanes of at least 4 members (excludes halogenated alkanes) is 3. The molecule has 0 spiro atoms. The summed E-state index contributed by atoms with van der Waals surface area (Å²) in [7, 11) is 0. The normalized spacial score (nSPS) is 26.8. The van der Waals surface area contributed by atoms with E-state index >= 15 is 0 Å². The van der Waals surface area contributed by atoms with Gasteiger partial charge in [-0.2, -0.15) is 0 Å². The maximum atomic E-state index is 5.51. The summed E-state index contributed by atoms with van der Waals surface area (Å²) in [4.78, 5) is 5.26. The number of likely N-dealkylation sites (tertiary alicyclic amines) is 1. The van der Waals surface area contributed by atoms with Crippen LogP contribution in [-0.4, -0.2) is 68.3 Å². The minimum Gasteiger partial charge on any atom is -0.379 e. The fourth-order valence-electron chi connectivity index (χ4n) is 3.09. The van der Waals surface area contributed by atoms with Crippen molar-refractivity contribution in [2.75, 3.05) is 52.5 Å². The monoisotopic (exact) mass is 255 g/mol. The molecule has 106 valence electrons. The summed E-state index contributed by atoms with van der Waals surface area (Å²) in [6.45, 7) is 8.82. The Bertz CT molecular complexity index is 219. The average Bonchev–Trinajstić information content (AvgIpc) is 2.88. The average molecular weight is 255 g/mol. The van der Waals surface area contributed by atoms with Crippen LogP contribution in [-0.2, 0) is 4.74 Å². The number of nitrogens with zero attached hydrogens (tertiary/aromatic N) is 2. The molecule has 2 aliphatic rings. The van der Waals surface area contributed by atoms with Crippen molar-refractivity contribution in [1.29, 1.82) is 0 Å². The zero-order chi connectivity index (χ0) is 12.6. The molecule has 1 atom stereocenters. The Morgan fingerprint density at radius 1 is 1.00 bits per heavy atom. The van der Waals surface area contributed by atoms with E-state index in [1.54, 1.807) is 0 Å². The number of hydrogen-bond donors (Lipinski definition) is 1. The third kappa shape index (κ3) is 4.50. The van der Waals surface area contributed by atoms with Crippen molar-refractivity contribution in [3.8, 4) is 0 Å². The minimum absolute atomic E-state index is 0.790. The van der Waals surface area contributed by atoms with Crippen molar-refractivity contribution in [2.45, 2.75) is 38.1 Å². The van der Waals surface area contributed by atoms with Gasteiger partial charge in [0.25, 0.3) is 0 Å². The van der Waals surface area contributed by atoms with E-state index in [1.807, 2.05) is 0 Å². The molecule has 2 N–H and O–H groups in total. The molecule has 0 amide bonds. The molecule has 0 aromatic heterocycles. The van der Waals surface area contributed by atoms with Gasteiger partial charge in [-0.05, 0) is 38.9 Å². The maximum absolute atomic E-state index is 5.51. The molecule has 0 saturated carbocycles. The lowest BCUT2D eigenvalue weighted by Crippen LogP contribution is -2.44. The van der Waals surface area contributed by atoms with Crippen LogP contribution in [0.4, 0.5) is 0 Å². The second kappa shape index (κ2) is 8.10. The predicted molar refractivity (Wildman–Crippen MR) is 74.8 cm³/mol. The van der Waals surface area contributed by atoms with Crippen LogP contribution in [0.25, 0.3) is 0 Å². The summed E-state index contributed by atoms with van der Waals surface area (Å²) in [6, 6.07) is 0.790. The van der Waals surface area contributed by atoms with E-state index in [-0.39, 0.29) is 0 Å². The van der Waals surface area contributed by atoms with Crippen molar-refractivity contribution in [2.24, 2.45) is 5.73 Å². The van der Waals surface area contributed by atoms with Crippen LogP contribution in [0.15, 0.2) is 0 Å². The highest BCUT2D eigenvalue weighted by atomic mass is 16.5. The van der Waals surface area contributed by atoms with Gasteiger partial charge in [0.15, 0.2) is 0 Å². The maximum Gasteiger partial charge on any atom is 0.0594 e. The van der Waals surface area contributed by atoms with Crippen LogP contribution >= 0.6 is 0 Å². The Kier molecular flexibility index (Phi) is 6.41. The van der Waals surface area contributed by atoms with E-state index in [0.717, 1.165) is 38.9 Å². The lowest BCUT2D eigenvalue weighted by Gasteiger charge is -2.32. The Morgan fingerprint density at radius 3 is 2.56 bits per heavy atom. The van der Waals surface area contributed by atoms with Gasteiger partial charge in [0, 0.05) is 25.7 Å². The van der Waals surface area contributed by atoms with Crippen molar-refractivity contribution in [3.05, 3.63) is 0 Å². The molecule has 4 nitrogen and oxygen atoms in total. The van der Waals surface area contributed by atoms with Crippen LogP contribution in [0.3, 0.4) is 0 Å². The molecule has 2 fully saturated rings. The summed E-state index contributed by atoms with van der Waals surface area (Å²) in [5.41, 5.74) is 5.51. The SMILES string of the molecule is NCCCCCCN1CCC(N2CCOCC2)C1. The second-order valence-electron chi connectivity index (χ2n) is 5.59. The third-order valence-corrected chi connectivity index (χ3v) is 4.24. The third-order valence-electron chi connectivity index (χ3n) is 4.24. The fraction of sp³-hybridized carbons (Fsp3) is 1.00. The quantitative estimate of drug-likeness (QED) is 0.687. The second-order valence-corrected chi connectivity index (χ2v) is 5.59. The van der Waals surface area contributed by atoms with Gasteiger partial charge in [0.2, 0.25) is 0 Å². The van der Waals surface area contributed by atoms with Crippen molar-refractivity contribution in [1.82, 2.24) is 9.80 Å². The molecular weight excluding hydrogens is 226 g/mol. The lowest BCUT2D eigenvalue weighted by molar-refractivity contribution is 0.0185. The van der Waals surface area contributed by atoms with Gasteiger partial charge < -0.3 is 15.4 Å². The molecule has 1 unspecified atom stereocenters. The number of morpholine rings is 1. The summed E-state index contributed by atoms with van der Waals surface area (Å²) in [5.74, 6) is 0. The largest absolute Gasteiger partial charge is 0.379 e. The van der Waals surface area contributed by atoms with E-state index < -0.39 is 0 Å². The first-order valence-electron chi connectivity index (χ1n) is 7.64. The number of ether oxygens (including phenoxy) is 1. The summed E-state index contributed by atoms with van der Waals surface area (Å²) in [6.07, 6.45) is 6.53. The number of rotatable bonds is 7. The molecule has 0 aliphatic carbocycles. The predicted octanol–water partition coefficient (Wildman–Crippen LogP) is 0.912. The molecule has 2 aliphatic heterocycles. The molecule has 0 bridgehead atoms. The van der Waals surface area contributed by atoms with Crippen LogP contribution in [0, 0.1) is 0 Å². The lowest BCUT2D eigenvalue weighted by atomic mass is 10.2. The van der Waals surface area contributed by atoms with Gasteiger partial charge in [-0.3, -0.25) is 4.90 Å². The number of nitrogens with two attached hydrogens (primary N) is 1. The highest BCUT2D eigenvalue weighted by Crippen LogP contribution is 2.17. The Balaban J connectivity index is 1.56. The zero-order valence-corrected chi connectivity index (χ0v) is 11.6. The first-order valence-corrected chi connectivity index (χ1v) is 7.64. The van der Waals surface area contributed by atoms with Crippen LogP contribution in [0.5, 0.6) is 0 Å². The first-order chi connectivity index (χ1) is 8.90. The Morgan fingerprint density at radius 2 is 1.78 bits per heavy atom. The molecule has 0 aromatic carbocycles. The van der Waals surface area contributed by atoms with E-state index in [9.17, 15) is 0 Å². The van der Waals surface area contributed by atoms with E-state index in [0.29, 0.717) is 0 Å². The van der Waals surface area contributed by atoms with E-state index in [4.69, 9.17) is 10.5 Å². The first kappa shape index (κ1) is 14.3. The molecular formula is C14H29N3O. The zero-order valence-electron chi connectivity index (χ0n) is 11.6. The van der Waals surface area contributed by atoms with Crippen LogP contribution < -0.4 is 5.73 Å². The molecule has 2 rings (SSSR count). The standard InChI is InChI=1S/C14H29N3O/c15-6-3-1-2-4-7-16-8-5-14(13-16)17-9-11-18-12-10-17/h14H,1-13,15H2.